The molecule has 2 aliphatic rings. The summed E-state index contributed by atoms with van der Waals surface area (Å²) in [7, 11) is 0. The third-order valence-electron chi connectivity index (χ3n) is 5.69. The van der Waals surface area contributed by atoms with Crippen molar-refractivity contribution in [2.45, 2.75) is 18.8 Å². The Balaban J connectivity index is 1.50. The summed E-state index contributed by atoms with van der Waals surface area (Å²) in [5, 5.41) is 6.66. The number of fused-ring (bicyclic) bond motifs is 1. The van der Waals surface area contributed by atoms with Gasteiger partial charge in [0.15, 0.2) is 0 Å². The maximum atomic E-state index is 12.8. The molecule has 124 valence electrons. The number of nitrogens with one attached hydrogen (secondary N) is 2. The fraction of sp³-hybridized carbons (Fsp3) is 0.381. The van der Waals surface area contributed by atoms with Crippen LogP contribution in [-0.2, 0) is 4.79 Å². The summed E-state index contributed by atoms with van der Waals surface area (Å²) in [6.45, 7) is 2.62. The molecule has 2 unspecified atom stereocenters. The Morgan fingerprint density at radius 2 is 1.71 bits per heavy atom. The largest absolute Gasteiger partial charge is 0.355 e. The Morgan fingerprint density at radius 3 is 2.29 bits per heavy atom. The van der Waals surface area contributed by atoms with Crippen LogP contribution in [0.5, 0.6) is 0 Å². The number of piperidine rings is 1. The Morgan fingerprint density at radius 1 is 1.08 bits per heavy atom. The second kappa shape index (κ2) is 6.40. The summed E-state index contributed by atoms with van der Waals surface area (Å²) in [4.78, 5) is 12.8. The van der Waals surface area contributed by atoms with Gasteiger partial charge < -0.3 is 10.6 Å². The molecule has 4 rings (SSSR count). The van der Waals surface area contributed by atoms with Crippen LogP contribution in [0.2, 0.25) is 0 Å². The molecule has 1 saturated carbocycles. The zero-order chi connectivity index (χ0) is 16.4. The van der Waals surface area contributed by atoms with Crippen LogP contribution in [0.15, 0.2) is 60.7 Å². The molecule has 2 N–H and O–H groups in total. The van der Waals surface area contributed by atoms with E-state index >= 15 is 0 Å². The zero-order valence-electron chi connectivity index (χ0n) is 13.9. The van der Waals surface area contributed by atoms with Crippen molar-refractivity contribution >= 4 is 5.91 Å². The molecule has 1 aliphatic carbocycles. The molecule has 0 spiro atoms. The lowest BCUT2D eigenvalue weighted by Gasteiger charge is -2.24. The smallest absolute Gasteiger partial charge is 0.226 e. The van der Waals surface area contributed by atoms with Gasteiger partial charge in [-0.2, -0.15) is 0 Å². The van der Waals surface area contributed by atoms with Gasteiger partial charge in [-0.25, -0.2) is 0 Å². The second-order valence-electron chi connectivity index (χ2n) is 7.10. The monoisotopic (exact) mass is 320 g/mol. The molecule has 1 aliphatic heterocycles. The highest BCUT2D eigenvalue weighted by molar-refractivity contribution is 5.86. The number of benzene rings is 2. The molecule has 0 bridgehead atoms. The van der Waals surface area contributed by atoms with E-state index in [4.69, 9.17) is 0 Å². The van der Waals surface area contributed by atoms with Crippen molar-refractivity contribution < 1.29 is 4.79 Å². The van der Waals surface area contributed by atoms with Crippen molar-refractivity contribution in [2.75, 3.05) is 19.6 Å². The lowest BCUT2D eigenvalue weighted by molar-refractivity contribution is -0.127. The highest BCUT2D eigenvalue weighted by Gasteiger charge is 2.60. The van der Waals surface area contributed by atoms with E-state index in [1.807, 2.05) is 12.1 Å². The molecule has 0 radical (unpaired) electrons. The topological polar surface area (TPSA) is 41.1 Å². The van der Waals surface area contributed by atoms with Gasteiger partial charge in [-0.3, -0.25) is 4.79 Å². The number of rotatable bonds is 5. The molecule has 2 aromatic rings. The van der Waals surface area contributed by atoms with Crippen molar-refractivity contribution in [3.8, 4) is 0 Å². The first-order valence-electron chi connectivity index (χ1n) is 8.88. The van der Waals surface area contributed by atoms with Crippen molar-refractivity contribution in [1.82, 2.24) is 10.6 Å². The van der Waals surface area contributed by atoms with E-state index in [1.165, 1.54) is 11.1 Å². The second-order valence-corrected chi connectivity index (χ2v) is 7.10. The van der Waals surface area contributed by atoms with Gasteiger partial charge in [0.05, 0.1) is 5.41 Å². The van der Waals surface area contributed by atoms with Gasteiger partial charge in [-0.05, 0) is 43.0 Å². The van der Waals surface area contributed by atoms with Crippen LogP contribution in [0.25, 0.3) is 0 Å². The van der Waals surface area contributed by atoms with Crippen molar-refractivity contribution in [2.24, 2.45) is 11.3 Å². The third kappa shape index (κ3) is 2.84. The summed E-state index contributed by atoms with van der Waals surface area (Å²) in [6, 6.07) is 20.9. The lowest BCUT2D eigenvalue weighted by atomic mass is 9.90. The normalized spacial score (nSPS) is 25.1. The van der Waals surface area contributed by atoms with E-state index in [-0.39, 0.29) is 17.2 Å². The van der Waals surface area contributed by atoms with Crippen molar-refractivity contribution in [3.63, 3.8) is 0 Å². The number of amides is 1. The molecule has 3 nitrogen and oxygen atoms in total. The first-order valence-corrected chi connectivity index (χ1v) is 8.88. The fourth-order valence-electron chi connectivity index (χ4n) is 4.10. The minimum Gasteiger partial charge on any atom is -0.355 e. The molecule has 0 aromatic heterocycles. The number of hydrogen-bond donors (Lipinski definition) is 2. The number of hydrogen-bond acceptors (Lipinski definition) is 2. The summed E-state index contributed by atoms with van der Waals surface area (Å²) >= 11 is 0. The molecule has 2 aromatic carbocycles. The van der Waals surface area contributed by atoms with Gasteiger partial charge in [0.25, 0.3) is 0 Å². The Bertz CT molecular complexity index is 661. The number of carbonyl (C=O) groups excluding carboxylic acids is 1. The predicted molar refractivity (Wildman–Crippen MR) is 95.8 cm³/mol. The van der Waals surface area contributed by atoms with Crippen LogP contribution in [0.1, 0.15) is 29.9 Å². The van der Waals surface area contributed by atoms with E-state index in [9.17, 15) is 4.79 Å². The van der Waals surface area contributed by atoms with Gasteiger partial charge in [0, 0.05) is 12.5 Å². The third-order valence-corrected chi connectivity index (χ3v) is 5.69. The molecular formula is C21H24N2O. The molecule has 2 fully saturated rings. The average molecular weight is 320 g/mol. The molecule has 1 saturated heterocycles. The van der Waals surface area contributed by atoms with Gasteiger partial charge in [-0.1, -0.05) is 60.7 Å². The Labute approximate surface area is 143 Å². The van der Waals surface area contributed by atoms with Crippen LogP contribution in [0.3, 0.4) is 0 Å². The van der Waals surface area contributed by atoms with Crippen molar-refractivity contribution in [1.29, 1.82) is 0 Å². The average Bonchev–Trinajstić information content (AvgIpc) is 3.40. The van der Waals surface area contributed by atoms with Crippen molar-refractivity contribution in [3.05, 3.63) is 71.8 Å². The minimum atomic E-state index is -0.0802. The van der Waals surface area contributed by atoms with Crippen LogP contribution >= 0.6 is 0 Å². The van der Waals surface area contributed by atoms with Gasteiger partial charge in [0.1, 0.15) is 0 Å². The molecule has 3 heteroatoms. The van der Waals surface area contributed by atoms with E-state index in [0.29, 0.717) is 12.5 Å². The summed E-state index contributed by atoms with van der Waals surface area (Å²) in [6.07, 6.45) is 2.03. The van der Waals surface area contributed by atoms with Crippen LogP contribution in [0, 0.1) is 11.3 Å². The highest BCUT2D eigenvalue weighted by Crippen LogP contribution is 2.56. The van der Waals surface area contributed by atoms with Crippen LogP contribution in [-0.4, -0.2) is 25.5 Å². The molecule has 2 atom stereocenters. The lowest BCUT2D eigenvalue weighted by Crippen LogP contribution is -2.41. The van der Waals surface area contributed by atoms with E-state index < -0.39 is 0 Å². The summed E-state index contributed by atoms with van der Waals surface area (Å²) in [5.41, 5.74) is 2.42. The highest BCUT2D eigenvalue weighted by atomic mass is 16.2. The standard InChI is InChI=1S/C21H24N2O/c24-20(21-11-12-22-14-18(21)13-21)23-15-19(16-7-3-1-4-8-16)17-9-5-2-6-10-17/h1-10,18-19,22H,11-15H2,(H,23,24). The van der Waals surface area contributed by atoms with Gasteiger partial charge in [-0.15, -0.1) is 0 Å². The quantitative estimate of drug-likeness (QED) is 0.889. The first kappa shape index (κ1) is 15.4. The van der Waals surface area contributed by atoms with E-state index in [1.54, 1.807) is 0 Å². The van der Waals surface area contributed by atoms with Crippen LogP contribution in [0.4, 0.5) is 0 Å². The minimum absolute atomic E-state index is 0.0802. The zero-order valence-corrected chi connectivity index (χ0v) is 13.9. The molecule has 1 amide bonds. The predicted octanol–water partition coefficient (Wildman–Crippen LogP) is 2.93. The summed E-state index contributed by atoms with van der Waals surface area (Å²) < 4.78 is 0. The fourth-order valence-corrected chi connectivity index (χ4v) is 4.10. The SMILES string of the molecule is O=C(NCC(c1ccccc1)c1ccccc1)C12CCNCC1C2. The van der Waals surface area contributed by atoms with Crippen LogP contribution < -0.4 is 10.6 Å². The Hall–Kier alpha value is -2.13. The molecule has 24 heavy (non-hydrogen) atoms. The Kier molecular flexibility index (Phi) is 4.11. The molecule has 1 heterocycles. The molecular weight excluding hydrogens is 296 g/mol. The van der Waals surface area contributed by atoms with E-state index in [0.717, 1.165) is 25.9 Å². The maximum Gasteiger partial charge on any atom is 0.226 e. The first-order chi connectivity index (χ1) is 11.8. The number of carbonyl (C=O) groups is 1. The van der Waals surface area contributed by atoms with E-state index in [2.05, 4.69) is 59.2 Å². The summed E-state index contributed by atoms with van der Waals surface area (Å²) in [5.74, 6) is 0.996. The van der Waals surface area contributed by atoms with Gasteiger partial charge >= 0.3 is 0 Å². The maximum absolute atomic E-state index is 12.8. The van der Waals surface area contributed by atoms with Gasteiger partial charge in [0.2, 0.25) is 5.91 Å².